The van der Waals surface area contributed by atoms with Gasteiger partial charge in [0.2, 0.25) is 5.91 Å². The first-order valence-corrected chi connectivity index (χ1v) is 8.34. The van der Waals surface area contributed by atoms with Crippen LogP contribution in [0.2, 0.25) is 0 Å². The second kappa shape index (κ2) is 7.15. The molecule has 1 aromatic carbocycles. The summed E-state index contributed by atoms with van der Waals surface area (Å²) in [7, 11) is 0. The molecule has 1 fully saturated rings. The highest BCUT2D eigenvalue weighted by atomic mass is 16.5. The molecule has 1 aliphatic heterocycles. The number of aromatic amines is 1. The van der Waals surface area contributed by atoms with Crippen molar-refractivity contribution in [3.8, 4) is 0 Å². The van der Waals surface area contributed by atoms with Crippen LogP contribution in [0.15, 0.2) is 24.3 Å². The zero-order valence-electron chi connectivity index (χ0n) is 13.6. The van der Waals surface area contributed by atoms with Crippen molar-refractivity contribution in [3.05, 3.63) is 35.5 Å². The molecule has 1 unspecified atom stereocenters. The van der Waals surface area contributed by atoms with E-state index in [0.29, 0.717) is 19.8 Å². The maximum Gasteiger partial charge on any atom is 0.237 e. The lowest BCUT2D eigenvalue weighted by Gasteiger charge is -2.26. The van der Waals surface area contributed by atoms with Crippen molar-refractivity contribution in [1.29, 1.82) is 0 Å². The monoisotopic (exact) mass is 315 g/mol. The van der Waals surface area contributed by atoms with Crippen LogP contribution >= 0.6 is 0 Å². The fraction of sp³-hybridized carbons (Fsp3) is 0.500. The fourth-order valence-electron chi connectivity index (χ4n) is 3.37. The van der Waals surface area contributed by atoms with Crippen molar-refractivity contribution in [1.82, 2.24) is 10.3 Å². The molecular weight excluding hydrogens is 290 g/mol. The largest absolute Gasteiger partial charge is 0.381 e. The Morgan fingerprint density at radius 1 is 1.39 bits per heavy atom. The molecule has 1 amide bonds. The maximum absolute atomic E-state index is 12.2. The van der Waals surface area contributed by atoms with E-state index in [1.807, 2.05) is 12.1 Å². The van der Waals surface area contributed by atoms with Gasteiger partial charge in [-0.05, 0) is 43.7 Å². The molecular formula is C18H25N3O2. The number of carbonyl (C=O) groups excluding carboxylic acids is 1. The molecule has 0 aliphatic carbocycles. The molecule has 2 heterocycles. The van der Waals surface area contributed by atoms with E-state index in [0.717, 1.165) is 30.5 Å². The van der Waals surface area contributed by atoms with E-state index in [-0.39, 0.29) is 11.8 Å². The summed E-state index contributed by atoms with van der Waals surface area (Å²) < 4.78 is 5.32. The van der Waals surface area contributed by atoms with Crippen LogP contribution in [0.1, 0.15) is 24.1 Å². The van der Waals surface area contributed by atoms with Gasteiger partial charge in [-0.1, -0.05) is 18.2 Å². The van der Waals surface area contributed by atoms with Crippen molar-refractivity contribution in [2.45, 2.75) is 32.2 Å². The molecule has 124 valence electrons. The molecule has 1 aromatic heterocycles. The van der Waals surface area contributed by atoms with Gasteiger partial charge in [-0.2, -0.15) is 0 Å². The summed E-state index contributed by atoms with van der Waals surface area (Å²) in [4.78, 5) is 15.6. The van der Waals surface area contributed by atoms with Crippen LogP contribution in [0.5, 0.6) is 0 Å². The molecule has 5 nitrogen and oxygen atoms in total. The number of ether oxygens (including phenoxy) is 1. The van der Waals surface area contributed by atoms with E-state index in [9.17, 15) is 4.79 Å². The van der Waals surface area contributed by atoms with Crippen molar-refractivity contribution >= 4 is 16.8 Å². The summed E-state index contributed by atoms with van der Waals surface area (Å²) in [6, 6.07) is 7.83. The molecule has 3 rings (SSSR count). The lowest BCUT2D eigenvalue weighted by molar-refractivity contribution is -0.124. The predicted molar refractivity (Wildman–Crippen MR) is 91.3 cm³/mol. The Labute approximate surface area is 136 Å². The van der Waals surface area contributed by atoms with Gasteiger partial charge >= 0.3 is 0 Å². The van der Waals surface area contributed by atoms with Gasteiger partial charge in [0, 0.05) is 36.4 Å². The highest BCUT2D eigenvalue weighted by molar-refractivity contribution is 5.85. The van der Waals surface area contributed by atoms with Crippen LogP contribution < -0.4 is 11.1 Å². The van der Waals surface area contributed by atoms with Gasteiger partial charge < -0.3 is 20.8 Å². The molecule has 0 saturated carbocycles. The van der Waals surface area contributed by atoms with Gasteiger partial charge in [0.15, 0.2) is 0 Å². The second-order valence-electron chi connectivity index (χ2n) is 6.29. The number of fused-ring (bicyclic) bond motifs is 1. The van der Waals surface area contributed by atoms with Crippen molar-refractivity contribution < 1.29 is 9.53 Å². The molecule has 0 bridgehead atoms. The summed E-state index contributed by atoms with van der Waals surface area (Å²) in [5.74, 6) is 0.188. The smallest absolute Gasteiger partial charge is 0.237 e. The number of para-hydroxylation sites is 1. The third-order valence-corrected chi connectivity index (χ3v) is 4.78. The van der Waals surface area contributed by atoms with E-state index in [4.69, 9.17) is 10.5 Å². The average molecular weight is 315 g/mol. The number of nitrogens with one attached hydrogen (secondary N) is 2. The number of aryl methyl sites for hydroxylation is 1. The Morgan fingerprint density at radius 2 is 2.13 bits per heavy atom. The SMILES string of the molecule is Cc1[nH]c2ccccc2c1CCNC(=O)C(N)C1CCOCC1. The van der Waals surface area contributed by atoms with Crippen LogP contribution in [0.25, 0.3) is 10.9 Å². The van der Waals surface area contributed by atoms with Gasteiger partial charge in [0.1, 0.15) is 0 Å². The number of amides is 1. The summed E-state index contributed by atoms with van der Waals surface area (Å²) >= 11 is 0. The zero-order chi connectivity index (χ0) is 16.2. The minimum Gasteiger partial charge on any atom is -0.381 e. The average Bonchev–Trinajstić information content (AvgIpc) is 2.90. The number of hydrogen-bond acceptors (Lipinski definition) is 3. The summed E-state index contributed by atoms with van der Waals surface area (Å²) in [5, 5.41) is 4.22. The minimum absolute atomic E-state index is 0.0469. The van der Waals surface area contributed by atoms with E-state index in [2.05, 4.69) is 29.4 Å². The van der Waals surface area contributed by atoms with Gasteiger partial charge in [-0.25, -0.2) is 0 Å². The summed E-state index contributed by atoms with van der Waals surface area (Å²) in [6.45, 7) is 4.10. The van der Waals surface area contributed by atoms with Crippen molar-refractivity contribution in [2.24, 2.45) is 11.7 Å². The highest BCUT2D eigenvalue weighted by Gasteiger charge is 2.26. The lowest BCUT2D eigenvalue weighted by atomic mass is 9.92. The number of carbonyl (C=O) groups is 1. The maximum atomic E-state index is 12.2. The zero-order valence-corrected chi connectivity index (χ0v) is 13.6. The molecule has 2 aromatic rings. The lowest BCUT2D eigenvalue weighted by Crippen LogP contribution is -2.47. The molecule has 0 spiro atoms. The first-order chi connectivity index (χ1) is 11.2. The topological polar surface area (TPSA) is 80.1 Å². The number of rotatable bonds is 5. The predicted octanol–water partition coefficient (Wildman–Crippen LogP) is 1.89. The Hall–Kier alpha value is -1.85. The number of H-pyrrole nitrogens is 1. The van der Waals surface area contributed by atoms with E-state index < -0.39 is 6.04 Å². The second-order valence-corrected chi connectivity index (χ2v) is 6.29. The van der Waals surface area contributed by atoms with Gasteiger partial charge in [-0.3, -0.25) is 4.79 Å². The minimum atomic E-state index is -0.428. The number of aromatic nitrogens is 1. The van der Waals surface area contributed by atoms with Crippen LogP contribution in [0, 0.1) is 12.8 Å². The molecule has 4 N–H and O–H groups in total. The molecule has 1 saturated heterocycles. The quantitative estimate of drug-likeness (QED) is 0.788. The van der Waals surface area contributed by atoms with Crippen LogP contribution in [-0.4, -0.2) is 36.7 Å². The fourth-order valence-corrected chi connectivity index (χ4v) is 3.37. The Bertz CT molecular complexity index is 674. The van der Waals surface area contributed by atoms with Gasteiger partial charge in [0.25, 0.3) is 0 Å². The van der Waals surface area contributed by atoms with E-state index in [1.165, 1.54) is 10.9 Å². The first-order valence-electron chi connectivity index (χ1n) is 8.34. The van der Waals surface area contributed by atoms with Crippen LogP contribution in [0.4, 0.5) is 0 Å². The van der Waals surface area contributed by atoms with Gasteiger partial charge in [-0.15, -0.1) is 0 Å². The standard InChI is InChI=1S/C18H25N3O2/c1-12-14(15-4-2-3-5-16(15)21-12)6-9-20-18(22)17(19)13-7-10-23-11-8-13/h2-5,13,17,21H,6-11,19H2,1H3,(H,20,22). The van der Waals surface area contributed by atoms with Gasteiger partial charge in [0.05, 0.1) is 6.04 Å². The highest BCUT2D eigenvalue weighted by Crippen LogP contribution is 2.22. The summed E-state index contributed by atoms with van der Waals surface area (Å²) in [6.07, 6.45) is 2.55. The van der Waals surface area contributed by atoms with E-state index >= 15 is 0 Å². The van der Waals surface area contributed by atoms with E-state index in [1.54, 1.807) is 0 Å². The number of benzene rings is 1. The molecule has 1 atom stereocenters. The Kier molecular flexibility index (Phi) is 4.98. The molecule has 0 radical (unpaired) electrons. The third kappa shape index (κ3) is 3.57. The third-order valence-electron chi connectivity index (χ3n) is 4.78. The molecule has 1 aliphatic rings. The number of nitrogens with two attached hydrogens (primary N) is 1. The van der Waals surface area contributed by atoms with Crippen molar-refractivity contribution in [2.75, 3.05) is 19.8 Å². The van der Waals surface area contributed by atoms with Crippen LogP contribution in [0.3, 0.4) is 0 Å². The molecule has 5 heteroatoms. The molecule has 23 heavy (non-hydrogen) atoms. The Morgan fingerprint density at radius 3 is 2.91 bits per heavy atom. The first kappa shape index (κ1) is 16.0. The van der Waals surface area contributed by atoms with Crippen LogP contribution in [-0.2, 0) is 16.0 Å². The van der Waals surface area contributed by atoms with Crippen molar-refractivity contribution in [3.63, 3.8) is 0 Å². The normalized spacial score (nSPS) is 17.3. The summed E-state index contributed by atoms with van der Waals surface area (Å²) in [5.41, 5.74) is 9.67. The number of hydrogen-bond donors (Lipinski definition) is 3. The Balaban J connectivity index is 1.56.